The van der Waals surface area contributed by atoms with Crippen LogP contribution < -0.4 is 11.1 Å². The molecule has 0 bridgehead atoms. The van der Waals surface area contributed by atoms with Crippen molar-refractivity contribution in [3.63, 3.8) is 0 Å². The number of allylic oxidation sites excluding steroid dienone is 2. The van der Waals surface area contributed by atoms with Gasteiger partial charge in [-0.25, -0.2) is 4.39 Å². The first-order valence-electron chi connectivity index (χ1n) is 9.54. The van der Waals surface area contributed by atoms with E-state index in [0.29, 0.717) is 46.9 Å². The van der Waals surface area contributed by atoms with Crippen molar-refractivity contribution in [3.05, 3.63) is 64.3 Å². The second-order valence-electron chi connectivity index (χ2n) is 6.88. The molecule has 0 radical (unpaired) electrons. The Kier molecular flexibility index (Phi) is 8.84. The van der Waals surface area contributed by atoms with Crippen LogP contribution in [-0.4, -0.2) is 24.2 Å². The van der Waals surface area contributed by atoms with Crippen LogP contribution in [-0.2, 0) is 4.79 Å². The minimum atomic E-state index is -0.597. The van der Waals surface area contributed by atoms with Crippen LogP contribution in [0.2, 0.25) is 0 Å². The van der Waals surface area contributed by atoms with Gasteiger partial charge in [-0.1, -0.05) is 23.4 Å². The Bertz CT molecular complexity index is 972. The van der Waals surface area contributed by atoms with Crippen molar-refractivity contribution in [1.29, 1.82) is 5.26 Å². The molecule has 6 nitrogen and oxygen atoms in total. The Morgan fingerprint density at radius 2 is 2.23 bits per heavy atom. The fraction of sp³-hybridized carbons (Fsp3) is 0.318. The molecular formula is C22H25FN4O2S. The molecule has 3 N–H and O–H groups in total. The minimum Gasteiger partial charge on any atom is -0.361 e. The molecule has 1 unspecified atom stereocenters. The molecule has 0 saturated heterocycles. The highest BCUT2D eigenvalue weighted by atomic mass is 32.1. The Hall–Kier alpha value is -2.89. The lowest BCUT2D eigenvalue weighted by atomic mass is 9.98. The number of aryl methyl sites for hydroxylation is 2. The maximum Gasteiger partial charge on any atom is 0.207 e. The molecule has 0 aliphatic heterocycles. The van der Waals surface area contributed by atoms with Crippen molar-refractivity contribution in [2.45, 2.75) is 39.2 Å². The lowest BCUT2D eigenvalue weighted by molar-refractivity contribution is -0.109. The second-order valence-corrected chi connectivity index (χ2v) is 7.33. The number of amides is 1. The summed E-state index contributed by atoms with van der Waals surface area (Å²) in [6.07, 6.45) is 6.58. The third-order valence-corrected chi connectivity index (χ3v) is 5.09. The molecule has 0 fully saturated rings. The number of aromatic nitrogens is 1. The Labute approximate surface area is 181 Å². The Morgan fingerprint density at radius 3 is 2.83 bits per heavy atom. The van der Waals surface area contributed by atoms with Gasteiger partial charge in [0.25, 0.3) is 0 Å². The van der Waals surface area contributed by atoms with Crippen LogP contribution in [0.5, 0.6) is 0 Å². The molecule has 158 valence electrons. The van der Waals surface area contributed by atoms with E-state index in [2.05, 4.69) is 23.1 Å². The molecule has 2 aromatic rings. The molecule has 1 aromatic heterocycles. The molecule has 2 rings (SSSR count). The van der Waals surface area contributed by atoms with Gasteiger partial charge >= 0.3 is 0 Å². The second kappa shape index (κ2) is 11.3. The SMILES string of the molecule is Cc1noc(C)c1/C(S)=C(/C=C/CC(N)CCCNC=O)c1ccc(C#N)c(F)c1. The summed E-state index contributed by atoms with van der Waals surface area (Å²) < 4.78 is 19.5. The maximum absolute atomic E-state index is 14.3. The number of nitrogens with one attached hydrogen (secondary N) is 1. The number of hydrogen-bond donors (Lipinski definition) is 3. The molecule has 0 spiro atoms. The molecule has 0 aliphatic carbocycles. The molecule has 8 heteroatoms. The molecule has 0 aliphatic rings. The van der Waals surface area contributed by atoms with Gasteiger partial charge in [-0.05, 0) is 56.4 Å². The summed E-state index contributed by atoms with van der Waals surface area (Å²) in [4.78, 5) is 10.9. The van der Waals surface area contributed by atoms with Gasteiger partial charge in [0.05, 0.1) is 16.8 Å². The summed E-state index contributed by atoms with van der Waals surface area (Å²) in [5.74, 6) is 0.0112. The lowest BCUT2D eigenvalue weighted by Gasteiger charge is -2.11. The lowest BCUT2D eigenvalue weighted by Crippen LogP contribution is -2.21. The summed E-state index contributed by atoms with van der Waals surface area (Å²) in [5, 5.41) is 15.6. The van der Waals surface area contributed by atoms with E-state index in [1.807, 2.05) is 25.1 Å². The number of rotatable bonds is 10. The zero-order valence-electron chi connectivity index (χ0n) is 17.0. The fourth-order valence-electron chi connectivity index (χ4n) is 3.04. The van der Waals surface area contributed by atoms with E-state index in [0.717, 1.165) is 18.4 Å². The first kappa shape index (κ1) is 23.4. The van der Waals surface area contributed by atoms with Crippen LogP contribution in [0.1, 0.15) is 47.4 Å². The smallest absolute Gasteiger partial charge is 0.207 e. The van der Waals surface area contributed by atoms with Crippen molar-refractivity contribution in [3.8, 4) is 6.07 Å². The zero-order valence-corrected chi connectivity index (χ0v) is 17.9. The summed E-state index contributed by atoms with van der Waals surface area (Å²) >= 11 is 4.69. The first-order valence-corrected chi connectivity index (χ1v) is 9.99. The number of nitrogens with two attached hydrogens (primary N) is 1. The van der Waals surface area contributed by atoms with E-state index in [1.54, 1.807) is 13.0 Å². The Morgan fingerprint density at radius 1 is 1.47 bits per heavy atom. The van der Waals surface area contributed by atoms with Crippen LogP contribution in [0.15, 0.2) is 34.9 Å². The Balaban J connectivity index is 2.33. The van der Waals surface area contributed by atoms with Crippen molar-refractivity contribution in [2.75, 3.05) is 6.54 Å². The fourth-order valence-corrected chi connectivity index (χ4v) is 3.57. The summed E-state index contributed by atoms with van der Waals surface area (Å²) in [6.45, 7) is 4.19. The van der Waals surface area contributed by atoms with E-state index >= 15 is 0 Å². The highest BCUT2D eigenvalue weighted by Crippen LogP contribution is 2.34. The number of carbonyl (C=O) groups excluding carboxylic acids is 1. The van der Waals surface area contributed by atoms with E-state index in [-0.39, 0.29) is 11.6 Å². The average molecular weight is 429 g/mol. The van der Waals surface area contributed by atoms with Gasteiger partial charge in [0.1, 0.15) is 17.6 Å². The van der Waals surface area contributed by atoms with Crippen molar-refractivity contribution >= 4 is 29.5 Å². The molecule has 1 atom stereocenters. The third kappa shape index (κ3) is 6.05. The van der Waals surface area contributed by atoms with Crippen LogP contribution >= 0.6 is 12.6 Å². The maximum atomic E-state index is 14.3. The van der Waals surface area contributed by atoms with Crippen LogP contribution in [0.4, 0.5) is 4.39 Å². The van der Waals surface area contributed by atoms with Crippen molar-refractivity contribution in [2.24, 2.45) is 5.73 Å². The van der Waals surface area contributed by atoms with E-state index in [9.17, 15) is 9.18 Å². The third-order valence-electron chi connectivity index (χ3n) is 4.63. The van der Waals surface area contributed by atoms with E-state index in [1.165, 1.54) is 12.1 Å². The largest absolute Gasteiger partial charge is 0.361 e. The van der Waals surface area contributed by atoms with Gasteiger partial charge in [0.15, 0.2) is 0 Å². The van der Waals surface area contributed by atoms with Gasteiger partial charge in [-0.15, -0.1) is 12.6 Å². The number of thiol groups is 1. The quantitative estimate of drug-likeness (QED) is 0.230. The van der Waals surface area contributed by atoms with Gasteiger partial charge in [-0.2, -0.15) is 5.26 Å². The minimum absolute atomic E-state index is 0.0221. The molecule has 30 heavy (non-hydrogen) atoms. The monoisotopic (exact) mass is 428 g/mol. The highest BCUT2D eigenvalue weighted by molar-refractivity contribution is 7.90. The number of benzene rings is 1. The van der Waals surface area contributed by atoms with Gasteiger partial charge < -0.3 is 15.6 Å². The normalized spacial score (nSPS) is 13.1. The zero-order chi connectivity index (χ0) is 22.1. The number of nitriles is 1. The molecule has 0 saturated carbocycles. The van der Waals surface area contributed by atoms with E-state index < -0.39 is 5.82 Å². The number of hydrogen-bond acceptors (Lipinski definition) is 6. The van der Waals surface area contributed by atoms with Crippen LogP contribution in [0, 0.1) is 31.0 Å². The van der Waals surface area contributed by atoms with Gasteiger partial charge in [0.2, 0.25) is 6.41 Å². The molecular weight excluding hydrogens is 403 g/mol. The predicted octanol–water partition coefficient (Wildman–Crippen LogP) is 3.90. The van der Waals surface area contributed by atoms with Crippen LogP contribution in [0.3, 0.4) is 0 Å². The number of halogens is 1. The topological polar surface area (TPSA) is 105 Å². The number of carbonyl (C=O) groups is 1. The highest BCUT2D eigenvalue weighted by Gasteiger charge is 2.16. The molecule has 1 amide bonds. The molecule has 1 heterocycles. The van der Waals surface area contributed by atoms with Crippen molar-refractivity contribution in [1.82, 2.24) is 10.5 Å². The summed E-state index contributed by atoms with van der Waals surface area (Å²) in [6, 6.07) is 6.19. The van der Waals surface area contributed by atoms with Crippen LogP contribution in [0.25, 0.3) is 10.5 Å². The standard InChI is InChI=1S/C22H25FN4O2S/c1-14-21(15(2)29-27-14)22(30)19(16-8-9-17(12-24)20(23)11-16)7-3-5-18(25)6-4-10-26-13-28/h3,7-9,11,13,18,30H,4-6,10,25H2,1-2H3,(H,26,28)/b7-3+,22-19+. The number of nitrogens with zero attached hydrogens (tertiary/aromatic N) is 2. The van der Waals surface area contributed by atoms with E-state index in [4.69, 9.17) is 15.5 Å². The van der Waals surface area contributed by atoms with Gasteiger partial charge in [0, 0.05) is 17.5 Å². The molecule has 1 aromatic carbocycles. The predicted molar refractivity (Wildman–Crippen MR) is 118 cm³/mol. The summed E-state index contributed by atoms with van der Waals surface area (Å²) in [5.41, 5.74) is 8.79. The summed E-state index contributed by atoms with van der Waals surface area (Å²) in [7, 11) is 0. The van der Waals surface area contributed by atoms with Crippen molar-refractivity contribution < 1.29 is 13.7 Å². The van der Waals surface area contributed by atoms with Gasteiger partial charge in [-0.3, -0.25) is 4.79 Å². The first-order chi connectivity index (χ1) is 14.4. The average Bonchev–Trinajstić information content (AvgIpc) is 3.06.